The Morgan fingerprint density at radius 3 is 2.59 bits per heavy atom. The van der Waals surface area contributed by atoms with Crippen LogP contribution in [0.15, 0.2) is 39.5 Å². The van der Waals surface area contributed by atoms with Crippen molar-refractivity contribution >= 4 is 11.0 Å². The average Bonchev–Trinajstić information content (AvgIpc) is 2.65. The first kappa shape index (κ1) is 20.4. The largest absolute Gasteiger partial charge is 0.493 e. The van der Waals surface area contributed by atoms with Gasteiger partial charge in [-0.05, 0) is 67.6 Å². The van der Waals surface area contributed by atoms with E-state index in [1.54, 1.807) is 12.1 Å². The van der Waals surface area contributed by atoms with Crippen molar-refractivity contribution in [1.29, 1.82) is 0 Å². The second-order valence-electron chi connectivity index (χ2n) is 10.0. The predicted molar refractivity (Wildman–Crippen MR) is 112 cm³/mol. The molecule has 0 saturated heterocycles. The first-order chi connectivity index (χ1) is 13.6. The summed E-state index contributed by atoms with van der Waals surface area (Å²) in [5.41, 5.74) is -1.25. The summed E-state index contributed by atoms with van der Waals surface area (Å²) in [6, 6.07) is 8.61. The van der Waals surface area contributed by atoms with E-state index in [-0.39, 0.29) is 34.4 Å². The van der Waals surface area contributed by atoms with Crippen molar-refractivity contribution in [2.24, 2.45) is 22.7 Å². The van der Waals surface area contributed by atoms with Gasteiger partial charge in [-0.2, -0.15) is 0 Å². The molecule has 2 aliphatic rings. The predicted octanol–water partition coefficient (Wildman–Crippen LogP) is 4.14. The van der Waals surface area contributed by atoms with Gasteiger partial charge in [-0.25, -0.2) is 4.79 Å². The molecule has 1 heterocycles. The van der Waals surface area contributed by atoms with Gasteiger partial charge in [0.25, 0.3) is 0 Å². The molecule has 4 rings (SSSR count). The van der Waals surface area contributed by atoms with Crippen LogP contribution in [0.25, 0.3) is 11.0 Å². The van der Waals surface area contributed by atoms with Gasteiger partial charge >= 0.3 is 5.63 Å². The molecule has 5 heteroatoms. The minimum absolute atomic E-state index is 0.00623. The zero-order valence-electron chi connectivity index (χ0n) is 17.8. The van der Waals surface area contributed by atoms with Crippen LogP contribution in [-0.4, -0.2) is 28.5 Å². The van der Waals surface area contributed by atoms with Crippen LogP contribution < -0.4 is 10.4 Å². The minimum atomic E-state index is -0.892. The van der Waals surface area contributed by atoms with Gasteiger partial charge in [0.1, 0.15) is 11.3 Å². The lowest BCUT2D eigenvalue weighted by Crippen LogP contribution is -2.64. The smallest absolute Gasteiger partial charge is 0.336 e. The van der Waals surface area contributed by atoms with E-state index in [1.807, 2.05) is 19.1 Å². The van der Waals surface area contributed by atoms with Crippen LogP contribution in [0.1, 0.15) is 53.4 Å². The molecular weight excluding hydrogens is 368 g/mol. The molecule has 5 nitrogen and oxygen atoms in total. The van der Waals surface area contributed by atoms with Gasteiger partial charge in [-0.15, -0.1) is 0 Å². The van der Waals surface area contributed by atoms with Crippen molar-refractivity contribution in [3.63, 3.8) is 0 Å². The fraction of sp³-hybridized carbons (Fsp3) is 0.625. The van der Waals surface area contributed by atoms with Crippen LogP contribution in [0.3, 0.4) is 0 Å². The lowest BCUT2D eigenvalue weighted by atomic mass is 9.44. The highest BCUT2D eigenvalue weighted by molar-refractivity contribution is 5.77. The van der Waals surface area contributed by atoms with Crippen molar-refractivity contribution in [3.8, 4) is 5.75 Å². The molecule has 2 N–H and O–H groups in total. The molecule has 29 heavy (non-hydrogen) atoms. The Labute approximate surface area is 171 Å². The molecule has 1 aromatic heterocycles. The van der Waals surface area contributed by atoms with E-state index in [2.05, 4.69) is 20.8 Å². The van der Waals surface area contributed by atoms with E-state index in [0.717, 1.165) is 24.6 Å². The van der Waals surface area contributed by atoms with E-state index >= 15 is 0 Å². The zero-order valence-corrected chi connectivity index (χ0v) is 17.8. The molecule has 0 aliphatic heterocycles. The van der Waals surface area contributed by atoms with Crippen molar-refractivity contribution < 1.29 is 19.4 Å². The quantitative estimate of drug-likeness (QED) is 0.757. The summed E-state index contributed by atoms with van der Waals surface area (Å²) >= 11 is 0. The maximum atomic E-state index is 11.7. The molecule has 0 unspecified atom stereocenters. The van der Waals surface area contributed by atoms with Crippen molar-refractivity contribution in [3.05, 3.63) is 40.8 Å². The van der Waals surface area contributed by atoms with Gasteiger partial charge in [-0.3, -0.25) is 0 Å². The summed E-state index contributed by atoms with van der Waals surface area (Å²) in [7, 11) is 0. The van der Waals surface area contributed by atoms with E-state index in [4.69, 9.17) is 9.15 Å². The van der Waals surface area contributed by atoms with Crippen molar-refractivity contribution in [1.82, 2.24) is 0 Å². The Kier molecular flexibility index (Phi) is 4.82. The summed E-state index contributed by atoms with van der Waals surface area (Å²) in [6.07, 6.45) is 3.03. The minimum Gasteiger partial charge on any atom is -0.493 e. The van der Waals surface area contributed by atoms with Gasteiger partial charge in [0.05, 0.1) is 18.3 Å². The third-order valence-electron chi connectivity index (χ3n) is 8.26. The summed E-state index contributed by atoms with van der Waals surface area (Å²) in [5.74, 6) is 0.891. The molecule has 2 saturated carbocycles. The van der Waals surface area contributed by atoms with Crippen LogP contribution >= 0.6 is 0 Å². The van der Waals surface area contributed by atoms with Crippen molar-refractivity contribution in [2.45, 2.75) is 65.1 Å². The highest BCUT2D eigenvalue weighted by atomic mass is 16.5. The number of hydrogen-bond acceptors (Lipinski definition) is 5. The van der Waals surface area contributed by atoms with E-state index in [0.29, 0.717) is 24.4 Å². The molecular formula is C24H32O5. The highest BCUT2D eigenvalue weighted by Gasteiger charge is 2.62. The average molecular weight is 401 g/mol. The SMILES string of the molecule is CC1(C)[C@@H](O)CC[C@@]2(C)[C@H]1CC[C@@H](COc1ccc3ccc(=O)oc3c1)[C@]2(C)O. The molecule has 0 radical (unpaired) electrons. The zero-order chi connectivity index (χ0) is 21.0. The van der Waals surface area contributed by atoms with Gasteiger partial charge < -0.3 is 19.4 Å². The molecule has 0 spiro atoms. The standard InChI is InChI=1S/C24H32O5/c1-22(2)19-9-7-16(24(4,27)23(19,3)12-11-20(22)25)14-28-17-8-5-15-6-10-21(26)29-18(15)13-17/h5-6,8,10,13,16,19-20,25,27H,7,9,11-12,14H2,1-4H3/t16-,19-,20-,23-,24-/m0/s1. The van der Waals surface area contributed by atoms with E-state index < -0.39 is 5.60 Å². The van der Waals surface area contributed by atoms with Crippen LogP contribution in [0, 0.1) is 22.7 Å². The molecule has 0 amide bonds. The van der Waals surface area contributed by atoms with E-state index in [1.165, 1.54) is 6.07 Å². The molecule has 0 bridgehead atoms. The summed E-state index contributed by atoms with van der Waals surface area (Å²) in [4.78, 5) is 11.5. The number of ether oxygens (including phenoxy) is 1. The highest BCUT2D eigenvalue weighted by Crippen LogP contribution is 2.62. The molecule has 2 aliphatic carbocycles. The second-order valence-corrected chi connectivity index (χ2v) is 10.0. The first-order valence-electron chi connectivity index (χ1n) is 10.6. The number of benzene rings is 1. The Balaban J connectivity index is 1.54. The summed E-state index contributed by atoms with van der Waals surface area (Å²) in [6.45, 7) is 8.80. The molecule has 2 aromatic rings. The molecule has 1 aromatic carbocycles. The van der Waals surface area contributed by atoms with Crippen LogP contribution in [0.2, 0.25) is 0 Å². The van der Waals surface area contributed by atoms with Gasteiger partial charge in [0, 0.05) is 23.4 Å². The summed E-state index contributed by atoms with van der Waals surface area (Å²) < 4.78 is 11.3. The van der Waals surface area contributed by atoms with Crippen LogP contribution in [-0.2, 0) is 0 Å². The Morgan fingerprint density at radius 2 is 1.83 bits per heavy atom. The third-order valence-corrected chi connectivity index (χ3v) is 8.26. The maximum Gasteiger partial charge on any atom is 0.336 e. The fourth-order valence-corrected chi connectivity index (χ4v) is 6.02. The Hall–Kier alpha value is -1.85. The number of aliphatic hydroxyl groups is 2. The van der Waals surface area contributed by atoms with Gasteiger partial charge in [0.2, 0.25) is 0 Å². The topological polar surface area (TPSA) is 79.9 Å². The monoisotopic (exact) mass is 400 g/mol. The fourth-order valence-electron chi connectivity index (χ4n) is 6.02. The van der Waals surface area contributed by atoms with Gasteiger partial charge in [-0.1, -0.05) is 20.8 Å². The Bertz CT molecular complexity index is 959. The second kappa shape index (κ2) is 6.85. The number of aliphatic hydroxyl groups excluding tert-OH is 1. The van der Waals surface area contributed by atoms with Crippen molar-refractivity contribution in [2.75, 3.05) is 6.61 Å². The first-order valence-corrected chi connectivity index (χ1v) is 10.6. The molecule has 158 valence electrons. The van der Waals surface area contributed by atoms with E-state index in [9.17, 15) is 15.0 Å². The van der Waals surface area contributed by atoms with Crippen LogP contribution in [0.5, 0.6) is 5.75 Å². The summed E-state index contributed by atoms with van der Waals surface area (Å²) in [5, 5.41) is 23.1. The van der Waals surface area contributed by atoms with Gasteiger partial charge in [0.15, 0.2) is 0 Å². The molecule has 2 fully saturated rings. The lowest BCUT2D eigenvalue weighted by molar-refractivity contribution is -0.227. The third kappa shape index (κ3) is 3.19. The number of rotatable bonds is 3. The number of hydrogen-bond donors (Lipinski definition) is 2. The normalized spacial score (nSPS) is 36.6. The molecule has 5 atom stereocenters. The number of fused-ring (bicyclic) bond motifs is 2. The van der Waals surface area contributed by atoms with Crippen LogP contribution in [0.4, 0.5) is 0 Å². The Morgan fingerprint density at radius 1 is 1.10 bits per heavy atom. The maximum absolute atomic E-state index is 11.7. The lowest BCUT2D eigenvalue weighted by Gasteiger charge is -2.63.